The van der Waals surface area contributed by atoms with Crippen molar-refractivity contribution in [3.63, 3.8) is 0 Å². The van der Waals surface area contributed by atoms with Gasteiger partial charge in [-0.2, -0.15) is 0 Å². The number of carboxylic acid groups (broad SMARTS) is 2. The van der Waals surface area contributed by atoms with Gasteiger partial charge in [0.1, 0.15) is 0 Å². The molecule has 0 saturated carbocycles. The highest BCUT2D eigenvalue weighted by Crippen LogP contribution is 2.09. The molecular weight excluding hydrogens is 432 g/mol. The van der Waals surface area contributed by atoms with Crippen LogP contribution in [0.4, 0.5) is 0 Å². The summed E-state index contributed by atoms with van der Waals surface area (Å²) >= 11 is 0. The minimum Gasteiger partial charge on any atom is -0.480 e. The topological polar surface area (TPSA) is 87.6 Å². The van der Waals surface area contributed by atoms with Gasteiger partial charge < -0.3 is 10.2 Å². The predicted molar refractivity (Wildman–Crippen MR) is 132 cm³/mol. The summed E-state index contributed by atoms with van der Waals surface area (Å²) in [5.74, 6) is -1.63. The van der Waals surface area contributed by atoms with Crippen LogP contribution < -0.4 is 0 Å². The molecule has 1 aliphatic rings. The van der Waals surface area contributed by atoms with Crippen molar-refractivity contribution in [1.29, 1.82) is 0 Å². The molecule has 0 aliphatic carbocycles. The smallest absolute Gasteiger partial charge is 0.317 e. The Morgan fingerprint density at radius 1 is 0.529 bits per heavy atom. The van der Waals surface area contributed by atoms with E-state index in [-0.39, 0.29) is 13.1 Å². The van der Waals surface area contributed by atoms with Gasteiger partial charge in [-0.3, -0.25) is 29.2 Å². The number of rotatable bonds is 8. The molecule has 0 aromatic heterocycles. The number of carboxylic acids is 2. The van der Waals surface area contributed by atoms with Gasteiger partial charge in [0, 0.05) is 65.4 Å². The van der Waals surface area contributed by atoms with Crippen LogP contribution in [-0.2, 0) is 22.7 Å². The summed E-state index contributed by atoms with van der Waals surface area (Å²) in [4.78, 5) is 31.6. The maximum Gasteiger partial charge on any atom is 0.317 e. The third kappa shape index (κ3) is 9.61. The van der Waals surface area contributed by atoms with E-state index in [0.717, 1.165) is 39.3 Å². The van der Waals surface area contributed by atoms with Crippen LogP contribution in [0, 0.1) is 0 Å². The summed E-state index contributed by atoms with van der Waals surface area (Å²) in [6.45, 7) is 7.04. The Balaban J connectivity index is 1.73. The lowest BCUT2D eigenvalue weighted by molar-refractivity contribution is -0.139. The van der Waals surface area contributed by atoms with Gasteiger partial charge in [-0.05, 0) is 11.1 Å². The molecule has 34 heavy (non-hydrogen) atoms. The van der Waals surface area contributed by atoms with Crippen molar-refractivity contribution in [2.24, 2.45) is 0 Å². The highest BCUT2D eigenvalue weighted by Gasteiger charge is 2.19. The summed E-state index contributed by atoms with van der Waals surface area (Å²) < 4.78 is 0. The lowest BCUT2D eigenvalue weighted by Crippen LogP contribution is -2.47. The predicted octanol–water partition coefficient (Wildman–Crippen LogP) is 1.78. The molecular formula is C26H36N4O4. The van der Waals surface area contributed by atoms with E-state index in [1.165, 1.54) is 11.1 Å². The Bertz CT molecular complexity index is 791. The molecule has 1 fully saturated rings. The van der Waals surface area contributed by atoms with Crippen molar-refractivity contribution in [3.8, 4) is 0 Å². The van der Waals surface area contributed by atoms with Crippen LogP contribution in [-0.4, -0.2) is 107 Å². The molecule has 2 aromatic carbocycles. The van der Waals surface area contributed by atoms with Crippen LogP contribution in [0.15, 0.2) is 60.7 Å². The normalized spacial score (nSPS) is 18.1. The molecule has 0 radical (unpaired) electrons. The largest absolute Gasteiger partial charge is 0.480 e. The molecule has 2 aromatic rings. The van der Waals surface area contributed by atoms with E-state index in [1.807, 2.05) is 46.2 Å². The zero-order chi connectivity index (χ0) is 24.2. The first kappa shape index (κ1) is 25.8. The fourth-order valence-electron chi connectivity index (χ4n) is 4.28. The molecule has 0 atom stereocenters. The van der Waals surface area contributed by atoms with Gasteiger partial charge in [0.15, 0.2) is 0 Å². The van der Waals surface area contributed by atoms with Gasteiger partial charge in [-0.1, -0.05) is 60.7 Å². The second kappa shape index (κ2) is 13.8. The van der Waals surface area contributed by atoms with E-state index in [4.69, 9.17) is 0 Å². The van der Waals surface area contributed by atoms with Crippen molar-refractivity contribution in [2.45, 2.75) is 13.1 Å². The van der Waals surface area contributed by atoms with Gasteiger partial charge in [0.2, 0.25) is 0 Å². The third-order valence-electron chi connectivity index (χ3n) is 6.15. The maximum atomic E-state index is 11.5. The van der Waals surface area contributed by atoms with Crippen molar-refractivity contribution < 1.29 is 19.8 Å². The van der Waals surface area contributed by atoms with Crippen molar-refractivity contribution >= 4 is 11.9 Å². The van der Waals surface area contributed by atoms with Crippen molar-refractivity contribution in [3.05, 3.63) is 71.8 Å². The Morgan fingerprint density at radius 3 is 1.12 bits per heavy atom. The lowest BCUT2D eigenvalue weighted by atomic mass is 10.2. The van der Waals surface area contributed by atoms with E-state index in [2.05, 4.69) is 34.1 Å². The van der Waals surface area contributed by atoms with Crippen LogP contribution in [0.5, 0.6) is 0 Å². The molecule has 0 amide bonds. The number of hydrogen-bond acceptors (Lipinski definition) is 6. The van der Waals surface area contributed by atoms with Crippen LogP contribution in [0.25, 0.3) is 0 Å². The average molecular weight is 469 g/mol. The monoisotopic (exact) mass is 468 g/mol. The highest BCUT2D eigenvalue weighted by atomic mass is 16.4. The summed E-state index contributed by atoms with van der Waals surface area (Å²) in [5, 5.41) is 18.9. The van der Waals surface area contributed by atoms with Crippen LogP contribution in [0.3, 0.4) is 0 Å². The Kier molecular flexibility index (Phi) is 10.5. The van der Waals surface area contributed by atoms with E-state index >= 15 is 0 Å². The second-order valence-electron chi connectivity index (χ2n) is 8.86. The molecule has 8 nitrogen and oxygen atoms in total. The molecule has 184 valence electrons. The summed E-state index contributed by atoms with van der Waals surface area (Å²) in [6, 6.07) is 20.4. The molecule has 8 heteroatoms. The van der Waals surface area contributed by atoms with Crippen LogP contribution >= 0.6 is 0 Å². The second-order valence-corrected chi connectivity index (χ2v) is 8.86. The minimum atomic E-state index is -0.816. The van der Waals surface area contributed by atoms with Crippen molar-refractivity contribution in [2.75, 3.05) is 65.4 Å². The SMILES string of the molecule is O=C(O)CN1CCN(Cc2ccccc2)CCN(CC(=O)O)CCN(Cc2ccccc2)CC1. The van der Waals surface area contributed by atoms with Crippen LogP contribution in [0.2, 0.25) is 0 Å². The number of benzene rings is 2. The van der Waals surface area contributed by atoms with Gasteiger partial charge >= 0.3 is 11.9 Å². The average Bonchev–Trinajstić information content (AvgIpc) is 2.81. The molecule has 0 unspecified atom stereocenters. The van der Waals surface area contributed by atoms with E-state index in [0.29, 0.717) is 26.2 Å². The number of aliphatic carboxylic acids is 2. The summed E-state index contributed by atoms with van der Waals surface area (Å²) in [7, 11) is 0. The molecule has 1 heterocycles. The zero-order valence-electron chi connectivity index (χ0n) is 19.8. The van der Waals surface area contributed by atoms with Gasteiger partial charge in [0.05, 0.1) is 13.1 Å². The van der Waals surface area contributed by atoms with E-state index in [1.54, 1.807) is 0 Å². The summed E-state index contributed by atoms with van der Waals surface area (Å²) in [6.07, 6.45) is 0. The summed E-state index contributed by atoms with van der Waals surface area (Å²) in [5.41, 5.74) is 2.39. The first-order valence-electron chi connectivity index (χ1n) is 11.9. The number of hydrogen-bond donors (Lipinski definition) is 2. The zero-order valence-corrected chi connectivity index (χ0v) is 19.8. The lowest BCUT2D eigenvalue weighted by Gasteiger charge is -2.33. The minimum absolute atomic E-state index is 0.0174. The first-order chi connectivity index (χ1) is 16.5. The molecule has 1 saturated heterocycles. The quantitative estimate of drug-likeness (QED) is 0.606. The molecule has 3 rings (SSSR count). The number of carbonyl (C=O) groups is 2. The number of nitrogens with zero attached hydrogens (tertiary/aromatic N) is 4. The fourth-order valence-corrected chi connectivity index (χ4v) is 4.28. The maximum absolute atomic E-state index is 11.5. The van der Waals surface area contributed by atoms with Gasteiger partial charge in [0.25, 0.3) is 0 Å². The van der Waals surface area contributed by atoms with Crippen LogP contribution in [0.1, 0.15) is 11.1 Å². The molecule has 2 N–H and O–H groups in total. The molecule has 0 bridgehead atoms. The third-order valence-corrected chi connectivity index (χ3v) is 6.15. The Morgan fingerprint density at radius 2 is 0.824 bits per heavy atom. The first-order valence-corrected chi connectivity index (χ1v) is 11.9. The van der Waals surface area contributed by atoms with Crippen molar-refractivity contribution in [1.82, 2.24) is 19.6 Å². The highest BCUT2D eigenvalue weighted by molar-refractivity contribution is 5.69. The Labute approximate surface area is 202 Å². The Hall–Kier alpha value is -2.78. The van der Waals surface area contributed by atoms with E-state index < -0.39 is 11.9 Å². The van der Waals surface area contributed by atoms with E-state index in [9.17, 15) is 19.8 Å². The van der Waals surface area contributed by atoms with Gasteiger partial charge in [-0.25, -0.2) is 0 Å². The van der Waals surface area contributed by atoms with Gasteiger partial charge in [-0.15, -0.1) is 0 Å². The standard InChI is InChI=1S/C26H36N4O4/c31-25(32)21-29-15-11-27(19-23-7-3-1-4-8-23)12-16-30(22-26(33)34)18-14-28(13-17-29)20-24-9-5-2-6-10-24/h1-10H,11-22H2,(H,31,32)(H,33,34). The fraction of sp³-hybridized carbons (Fsp3) is 0.462. The molecule has 0 spiro atoms. The molecule has 1 aliphatic heterocycles.